The Kier molecular flexibility index (Phi) is 6.53. The van der Waals surface area contributed by atoms with Gasteiger partial charge in [0.25, 0.3) is 0 Å². The summed E-state index contributed by atoms with van der Waals surface area (Å²) in [5, 5.41) is 3.85. The lowest BCUT2D eigenvalue weighted by Crippen LogP contribution is -2.46. The summed E-state index contributed by atoms with van der Waals surface area (Å²) in [6, 6.07) is 14.2. The highest BCUT2D eigenvalue weighted by Crippen LogP contribution is 2.35. The molecule has 3 aromatic rings. The summed E-state index contributed by atoms with van der Waals surface area (Å²) in [5.41, 5.74) is 2.67. The molecule has 0 radical (unpaired) electrons. The quantitative estimate of drug-likeness (QED) is 0.499. The van der Waals surface area contributed by atoms with E-state index >= 15 is 0 Å². The molecule has 2 aliphatic rings. The molecule has 3 heterocycles. The van der Waals surface area contributed by atoms with Gasteiger partial charge in [-0.05, 0) is 63.0 Å². The van der Waals surface area contributed by atoms with Crippen LogP contribution in [0.3, 0.4) is 0 Å². The number of benzene rings is 2. The van der Waals surface area contributed by atoms with Crippen LogP contribution >= 0.6 is 0 Å². The van der Waals surface area contributed by atoms with Gasteiger partial charge >= 0.3 is 0 Å². The fourth-order valence-corrected chi connectivity index (χ4v) is 6.86. The minimum atomic E-state index is -3.91. The third kappa shape index (κ3) is 4.37. The highest BCUT2D eigenvalue weighted by atomic mass is 32.2. The lowest BCUT2D eigenvalue weighted by atomic mass is 9.96. The molecule has 1 saturated heterocycles. The van der Waals surface area contributed by atoms with E-state index in [4.69, 9.17) is 4.52 Å². The van der Waals surface area contributed by atoms with Crippen LogP contribution in [0.1, 0.15) is 42.3 Å². The number of halogens is 1. The van der Waals surface area contributed by atoms with Crippen LogP contribution in [0.2, 0.25) is 0 Å². The monoisotopic (exact) mass is 509 g/mol. The number of hydrogen-bond donors (Lipinski definition) is 0. The SMILES string of the molecule is Cc1noc(/C=C/c2ccccc2F)c1S(=O)(=O)N1CCC(C(=O)N2c3ccccc3CC2C)CC1. The van der Waals surface area contributed by atoms with Gasteiger partial charge < -0.3 is 9.42 Å². The van der Waals surface area contributed by atoms with Crippen molar-refractivity contribution in [2.45, 2.75) is 44.0 Å². The van der Waals surface area contributed by atoms with E-state index in [-0.39, 0.29) is 47.3 Å². The second kappa shape index (κ2) is 9.63. The lowest BCUT2D eigenvalue weighted by molar-refractivity contribution is -0.123. The molecule has 0 N–H and O–H groups in total. The van der Waals surface area contributed by atoms with Gasteiger partial charge in [0.15, 0.2) is 10.7 Å². The Morgan fingerprint density at radius 2 is 1.78 bits per heavy atom. The van der Waals surface area contributed by atoms with Crippen LogP contribution in [-0.4, -0.2) is 42.9 Å². The summed E-state index contributed by atoms with van der Waals surface area (Å²) in [5.74, 6) is -0.555. The first-order valence-electron chi connectivity index (χ1n) is 12.1. The first-order valence-corrected chi connectivity index (χ1v) is 13.5. The molecule has 1 aromatic heterocycles. The summed E-state index contributed by atoms with van der Waals surface area (Å²) >= 11 is 0. The summed E-state index contributed by atoms with van der Waals surface area (Å²) in [6.45, 7) is 4.06. The minimum Gasteiger partial charge on any atom is -0.355 e. The first kappa shape index (κ1) is 24.4. The largest absolute Gasteiger partial charge is 0.355 e. The Labute approximate surface area is 210 Å². The Morgan fingerprint density at radius 3 is 2.53 bits per heavy atom. The van der Waals surface area contributed by atoms with E-state index in [1.165, 1.54) is 22.5 Å². The Balaban J connectivity index is 1.31. The Hall–Kier alpha value is -3.30. The minimum absolute atomic E-state index is 0.0260. The molecular formula is C27H28FN3O4S. The molecule has 0 bridgehead atoms. The maximum atomic E-state index is 14.0. The van der Waals surface area contributed by atoms with E-state index in [0.29, 0.717) is 18.4 Å². The van der Waals surface area contributed by atoms with Crippen molar-refractivity contribution in [1.82, 2.24) is 9.46 Å². The summed E-state index contributed by atoms with van der Waals surface area (Å²) < 4.78 is 47.7. The van der Waals surface area contributed by atoms with Crippen LogP contribution in [0.4, 0.5) is 10.1 Å². The normalized spacial score (nSPS) is 19.2. The second-order valence-electron chi connectivity index (χ2n) is 9.38. The number of nitrogens with zero attached hydrogens (tertiary/aromatic N) is 3. The lowest BCUT2D eigenvalue weighted by Gasteiger charge is -2.34. The zero-order valence-electron chi connectivity index (χ0n) is 20.2. The topological polar surface area (TPSA) is 83.7 Å². The third-order valence-electron chi connectivity index (χ3n) is 7.00. The first-order chi connectivity index (χ1) is 17.3. The second-order valence-corrected chi connectivity index (χ2v) is 11.3. The van der Waals surface area contributed by atoms with Crippen molar-refractivity contribution in [2.24, 2.45) is 5.92 Å². The van der Waals surface area contributed by atoms with Gasteiger partial charge in [-0.3, -0.25) is 4.79 Å². The average Bonchev–Trinajstić information content (AvgIpc) is 3.42. The zero-order valence-corrected chi connectivity index (χ0v) is 21.0. The van der Waals surface area contributed by atoms with Gasteiger partial charge in [-0.2, -0.15) is 4.31 Å². The number of aromatic nitrogens is 1. The van der Waals surface area contributed by atoms with Crippen molar-refractivity contribution in [3.63, 3.8) is 0 Å². The number of para-hydroxylation sites is 1. The van der Waals surface area contributed by atoms with Gasteiger partial charge in [0, 0.05) is 36.3 Å². The summed E-state index contributed by atoms with van der Waals surface area (Å²) in [4.78, 5) is 15.3. The van der Waals surface area contributed by atoms with Crippen molar-refractivity contribution in [2.75, 3.05) is 18.0 Å². The van der Waals surface area contributed by atoms with Gasteiger partial charge in [-0.15, -0.1) is 0 Å². The number of aryl methyl sites for hydroxylation is 1. The van der Waals surface area contributed by atoms with Crippen LogP contribution in [0.15, 0.2) is 57.9 Å². The number of sulfonamides is 1. The van der Waals surface area contributed by atoms with Gasteiger partial charge in [0.1, 0.15) is 11.5 Å². The maximum absolute atomic E-state index is 14.0. The molecule has 1 unspecified atom stereocenters. The number of rotatable bonds is 5. The molecular weight excluding hydrogens is 481 g/mol. The Bertz CT molecular complexity index is 1420. The fourth-order valence-electron chi connectivity index (χ4n) is 5.14. The molecule has 0 spiro atoms. The molecule has 1 atom stereocenters. The number of amides is 1. The van der Waals surface area contributed by atoms with Crippen LogP contribution in [0.5, 0.6) is 0 Å². The number of fused-ring (bicyclic) bond motifs is 1. The predicted molar refractivity (Wildman–Crippen MR) is 135 cm³/mol. The predicted octanol–water partition coefficient (Wildman–Crippen LogP) is 4.67. The summed E-state index contributed by atoms with van der Waals surface area (Å²) in [7, 11) is -3.91. The van der Waals surface area contributed by atoms with E-state index in [9.17, 15) is 17.6 Å². The van der Waals surface area contributed by atoms with E-state index < -0.39 is 15.8 Å². The van der Waals surface area contributed by atoms with E-state index in [1.807, 2.05) is 36.1 Å². The van der Waals surface area contributed by atoms with E-state index in [1.54, 1.807) is 25.1 Å². The van der Waals surface area contributed by atoms with Crippen LogP contribution in [0, 0.1) is 18.7 Å². The van der Waals surface area contributed by atoms with Crippen molar-refractivity contribution >= 4 is 33.8 Å². The van der Waals surface area contributed by atoms with Crippen molar-refractivity contribution in [3.8, 4) is 0 Å². The zero-order chi connectivity index (χ0) is 25.4. The van der Waals surface area contributed by atoms with Gasteiger partial charge in [0.05, 0.1) is 0 Å². The fraction of sp³-hybridized carbons (Fsp3) is 0.333. The number of anilines is 1. The molecule has 1 amide bonds. The van der Waals surface area contributed by atoms with Crippen LogP contribution in [0.25, 0.3) is 12.2 Å². The summed E-state index contributed by atoms with van der Waals surface area (Å²) in [6.07, 6.45) is 4.59. The molecule has 2 aliphatic heterocycles. The molecule has 9 heteroatoms. The van der Waals surface area contributed by atoms with Crippen molar-refractivity contribution < 1.29 is 22.1 Å². The highest BCUT2D eigenvalue weighted by molar-refractivity contribution is 7.89. The van der Waals surface area contributed by atoms with Crippen molar-refractivity contribution in [1.29, 1.82) is 0 Å². The molecule has 2 aromatic carbocycles. The molecule has 7 nitrogen and oxygen atoms in total. The highest BCUT2D eigenvalue weighted by Gasteiger charge is 2.39. The molecule has 5 rings (SSSR count). The average molecular weight is 510 g/mol. The molecule has 0 aliphatic carbocycles. The Morgan fingerprint density at radius 1 is 1.08 bits per heavy atom. The number of carbonyl (C=O) groups excluding carboxylic acids is 1. The number of hydrogen-bond acceptors (Lipinski definition) is 5. The molecule has 0 saturated carbocycles. The third-order valence-corrected chi connectivity index (χ3v) is 9.06. The van der Waals surface area contributed by atoms with Crippen LogP contribution < -0.4 is 4.90 Å². The number of carbonyl (C=O) groups is 1. The van der Waals surface area contributed by atoms with Gasteiger partial charge in [-0.25, -0.2) is 12.8 Å². The molecule has 36 heavy (non-hydrogen) atoms. The van der Waals surface area contributed by atoms with Gasteiger partial charge in [0.2, 0.25) is 15.9 Å². The van der Waals surface area contributed by atoms with Crippen molar-refractivity contribution in [3.05, 3.63) is 76.9 Å². The van der Waals surface area contributed by atoms with Crippen LogP contribution in [-0.2, 0) is 21.2 Å². The molecule has 188 valence electrons. The van der Waals surface area contributed by atoms with E-state index in [2.05, 4.69) is 5.16 Å². The number of piperidine rings is 1. The molecule has 1 fully saturated rings. The van der Waals surface area contributed by atoms with E-state index in [0.717, 1.165) is 17.7 Å². The maximum Gasteiger partial charge on any atom is 0.248 e. The smallest absolute Gasteiger partial charge is 0.248 e. The van der Waals surface area contributed by atoms with Gasteiger partial charge in [-0.1, -0.05) is 41.6 Å². The standard InChI is InChI=1S/C27H28FN3O4S/c1-18-17-22-8-4-6-10-24(22)31(18)27(32)21-13-15-30(16-14-21)36(33,34)26-19(2)29-35-25(26)12-11-20-7-3-5-9-23(20)28/h3-12,18,21H,13-17H2,1-2H3/b12-11+.